The molecule has 10 heteroatoms. The van der Waals surface area contributed by atoms with Crippen molar-refractivity contribution in [3.8, 4) is 0 Å². The summed E-state index contributed by atoms with van der Waals surface area (Å²) in [6.07, 6.45) is 6.29. The second-order valence-corrected chi connectivity index (χ2v) is 12.2. The highest BCUT2D eigenvalue weighted by atomic mass is 35.5. The molecule has 1 aliphatic heterocycles. The molecule has 2 N–H and O–H groups in total. The van der Waals surface area contributed by atoms with Gasteiger partial charge in [-0.25, -0.2) is 18.7 Å². The van der Waals surface area contributed by atoms with E-state index in [0.29, 0.717) is 45.8 Å². The number of hydrogen-bond acceptors (Lipinski definition) is 7. The van der Waals surface area contributed by atoms with E-state index >= 15 is 0 Å². The summed E-state index contributed by atoms with van der Waals surface area (Å²) in [5.41, 5.74) is 8.32. The smallest absolute Gasteiger partial charge is 0.203 e. The molecular weight excluding hydrogens is 550 g/mol. The van der Waals surface area contributed by atoms with E-state index in [1.807, 2.05) is 25.1 Å². The number of thiazole rings is 1. The van der Waals surface area contributed by atoms with Crippen LogP contribution in [0.4, 0.5) is 10.1 Å². The zero-order valence-corrected chi connectivity index (χ0v) is 23.0. The van der Waals surface area contributed by atoms with Gasteiger partial charge in [-0.2, -0.15) is 0 Å². The Morgan fingerprint density at radius 3 is 2.70 bits per heavy atom. The normalized spacial score (nSPS) is 22.2. The van der Waals surface area contributed by atoms with Crippen molar-refractivity contribution in [1.82, 2.24) is 9.29 Å². The largest absolute Gasteiger partial charge is 0.404 e. The highest BCUT2D eigenvalue weighted by Crippen LogP contribution is 2.49. The van der Waals surface area contributed by atoms with E-state index in [-0.39, 0.29) is 11.6 Å². The number of aromatic nitrogens is 1. The summed E-state index contributed by atoms with van der Waals surface area (Å²) in [7, 11) is 0. The molecule has 0 bridgehead atoms. The Morgan fingerprint density at radius 1 is 1.24 bits per heavy atom. The second kappa shape index (κ2) is 10.7. The lowest BCUT2D eigenvalue weighted by Gasteiger charge is -2.45. The zero-order chi connectivity index (χ0) is 26.2. The van der Waals surface area contributed by atoms with Gasteiger partial charge in [0.15, 0.2) is 5.01 Å². The SMILES string of the molecule is Cc1cnc(C(=O)C23CC(=CN)C(=Nc4ccc(F)cc4)C=C2CCN(Sc2ccc(Cl)c(Cl)c2)C3)s1. The van der Waals surface area contributed by atoms with Gasteiger partial charge in [0, 0.05) is 29.1 Å². The van der Waals surface area contributed by atoms with Crippen LogP contribution in [0, 0.1) is 18.2 Å². The average molecular weight is 574 g/mol. The van der Waals surface area contributed by atoms with Crippen molar-refractivity contribution in [2.24, 2.45) is 16.1 Å². The number of allylic oxidation sites excluding steroid dienone is 2. The Balaban J connectivity index is 1.54. The molecule has 3 aromatic rings. The molecule has 1 aliphatic carbocycles. The molecule has 5 nitrogen and oxygen atoms in total. The standard InChI is InChI=1S/C27H23Cl2FN4OS2/c1-16-14-32-26(36-16)25(35)27-12-17(13-31)24(33-20-4-2-19(30)3-5-20)10-18(27)8-9-34(15-27)37-21-6-7-22(28)23(29)11-21/h2-7,10-11,13-14H,8-9,12,15,31H2,1H3. The lowest BCUT2D eigenvalue weighted by molar-refractivity contribution is 0.0781. The number of hydrogen-bond donors (Lipinski definition) is 1. The van der Waals surface area contributed by atoms with Crippen LogP contribution >= 0.6 is 46.5 Å². The van der Waals surface area contributed by atoms with E-state index in [4.69, 9.17) is 33.9 Å². The highest BCUT2D eigenvalue weighted by Gasteiger charge is 2.50. The molecule has 0 saturated carbocycles. The molecule has 2 heterocycles. The van der Waals surface area contributed by atoms with Crippen molar-refractivity contribution >= 4 is 63.7 Å². The van der Waals surface area contributed by atoms with Gasteiger partial charge in [-0.15, -0.1) is 11.3 Å². The van der Waals surface area contributed by atoms with Gasteiger partial charge in [0.25, 0.3) is 0 Å². The lowest BCUT2D eigenvalue weighted by atomic mass is 9.65. The minimum absolute atomic E-state index is 0.0172. The van der Waals surface area contributed by atoms with Crippen LogP contribution in [0.1, 0.15) is 27.5 Å². The van der Waals surface area contributed by atoms with E-state index in [1.165, 1.54) is 29.7 Å². The quantitative estimate of drug-likeness (QED) is 0.254. The van der Waals surface area contributed by atoms with E-state index in [2.05, 4.69) is 9.29 Å². The van der Waals surface area contributed by atoms with Gasteiger partial charge in [0.1, 0.15) is 5.82 Å². The maximum atomic E-state index is 14.1. The van der Waals surface area contributed by atoms with Gasteiger partial charge in [-0.05, 0) is 92.0 Å². The van der Waals surface area contributed by atoms with Crippen molar-refractivity contribution in [2.45, 2.75) is 24.7 Å². The molecule has 1 unspecified atom stereocenters. The third-order valence-corrected chi connectivity index (χ3v) is 9.16. The molecule has 2 aliphatic rings. The molecule has 37 heavy (non-hydrogen) atoms. The van der Waals surface area contributed by atoms with Crippen LogP contribution < -0.4 is 5.73 Å². The Morgan fingerprint density at radius 2 is 2.03 bits per heavy atom. The summed E-state index contributed by atoms with van der Waals surface area (Å²) in [6.45, 7) is 3.15. The van der Waals surface area contributed by atoms with Gasteiger partial charge in [0.2, 0.25) is 5.78 Å². The van der Waals surface area contributed by atoms with Crippen molar-refractivity contribution in [3.05, 3.63) is 97.8 Å². The third kappa shape index (κ3) is 5.40. The summed E-state index contributed by atoms with van der Waals surface area (Å²) < 4.78 is 15.6. The van der Waals surface area contributed by atoms with Crippen LogP contribution in [0.15, 0.2) is 82.0 Å². The third-order valence-electron chi connectivity index (χ3n) is 6.48. The van der Waals surface area contributed by atoms with Crippen molar-refractivity contribution in [3.63, 3.8) is 0 Å². The zero-order valence-electron chi connectivity index (χ0n) is 19.9. The number of piperidine rings is 1. The molecule has 1 aromatic heterocycles. The molecule has 0 radical (unpaired) electrons. The van der Waals surface area contributed by atoms with Crippen LogP contribution in [-0.2, 0) is 0 Å². The summed E-state index contributed by atoms with van der Waals surface area (Å²) in [5.74, 6) is -0.341. The average Bonchev–Trinajstić information content (AvgIpc) is 3.33. The van der Waals surface area contributed by atoms with Gasteiger partial charge in [-0.1, -0.05) is 28.8 Å². The number of ketones is 1. The fourth-order valence-corrected chi connectivity index (χ4v) is 6.88. The van der Waals surface area contributed by atoms with Gasteiger partial charge < -0.3 is 5.73 Å². The molecular formula is C27H23Cl2FN4OS2. The number of Topliss-reactive ketones (excluding diaryl/α,β-unsaturated/α-hetero) is 1. The minimum atomic E-state index is -0.835. The Hall–Kier alpha value is -2.49. The second-order valence-electron chi connectivity index (χ2n) is 8.98. The Labute approximate surface area is 233 Å². The lowest BCUT2D eigenvalue weighted by Crippen LogP contribution is -2.49. The number of benzene rings is 2. The monoisotopic (exact) mass is 572 g/mol. The Bertz CT molecular complexity index is 1450. The topological polar surface area (TPSA) is 71.6 Å². The number of halogens is 3. The molecule has 1 saturated heterocycles. The number of carbonyl (C=O) groups is 1. The molecule has 2 aromatic carbocycles. The molecule has 190 valence electrons. The van der Waals surface area contributed by atoms with Crippen LogP contribution in [-0.4, -0.2) is 33.9 Å². The first-order valence-electron chi connectivity index (χ1n) is 11.6. The molecule has 1 atom stereocenters. The fourth-order valence-electron chi connectivity index (χ4n) is 4.65. The number of aliphatic imine (C=N–C) groups is 1. The molecule has 0 spiro atoms. The number of nitrogens with zero attached hydrogens (tertiary/aromatic N) is 3. The predicted octanol–water partition coefficient (Wildman–Crippen LogP) is 7.42. The van der Waals surface area contributed by atoms with E-state index in [9.17, 15) is 9.18 Å². The number of aryl methyl sites for hydroxylation is 1. The predicted molar refractivity (Wildman–Crippen MR) is 151 cm³/mol. The maximum Gasteiger partial charge on any atom is 0.203 e. The van der Waals surface area contributed by atoms with Crippen molar-refractivity contribution in [1.29, 1.82) is 0 Å². The molecule has 1 fully saturated rings. The van der Waals surface area contributed by atoms with Gasteiger partial charge >= 0.3 is 0 Å². The van der Waals surface area contributed by atoms with Gasteiger partial charge in [0.05, 0.1) is 26.9 Å². The minimum Gasteiger partial charge on any atom is -0.404 e. The van der Waals surface area contributed by atoms with Gasteiger partial charge in [-0.3, -0.25) is 4.79 Å². The first kappa shape index (κ1) is 26.1. The summed E-state index contributed by atoms with van der Waals surface area (Å²) in [6, 6.07) is 11.5. The van der Waals surface area contributed by atoms with E-state index in [1.54, 1.807) is 36.3 Å². The van der Waals surface area contributed by atoms with Crippen molar-refractivity contribution in [2.75, 3.05) is 13.1 Å². The summed E-state index contributed by atoms with van der Waals surface area (Å²) in [4.78, 5) is 25.2. The number of rotatable bonds is 5. The first-order valence-corrected chi connectivity index (χ1v) is 13.9. The summed E-state index contributed by atoms with van der Waals surface area (Å²) >= 11 is 15.3. The van der Waals surface area contributed by atoms with Crippen LogP contribution in [0.2, 0.25) is 10.0 Å². The summed E-state index contributed by atoms with van der Waals surface area (Å²) in [5, 5.41) is 1.47. The molecule has 5 rings (SSSR count). The van der Waals surface area contributed by atoms with E-state index in [0.717, 1.165) is 27.5 Å². The Kier molecular flexibility index (Phi) is 7.56. The number of fused-ring (bicyclic) bond motifs is 1. The van der Waals surface area contributed by atoms with E-state index < -0.39 is 5.41 Å². The number of carbonyl (C=O) groups excluding carboxylic acids is 1. The van der Waals surface area contributed by atoms with Crippen LogP contribution in [0.5, 0.6) is 0 Å². The fraction of sp³-hybridized carbons (Fsp3) is 0.222. The maximum absolute atomic E-state index is 14.1. The highest BCUT2D eigenvalue weighted by molar-refractivity contribution is 7.97. The number of nitrogens with two attached hydrogens (primary N) is 1. The molecule has 0 amide bonds. The van der Waals surface area contributed by atoms with Crippen LogP contribution in [0.3, 0.4) is 0 Å². The first-order chi connectivity index (χ1) is 17.8. The van der Waals surface area contributed by atoms with Crippen LogP contribution in [0.25, 0.3) is 0 Å². The van der Waals surface area contributed by atoms with Crippen molar-refractivity contribution < 1.29 is 9.18 Å².